The molecule has 1 aliphatic carbocycles. The van der Waals surface area contributed by atoms with Gasteiger partial charge in [0.1, 0.15) is 0 Å². The fourth-order valence-electron chi connectivity index (χ4n) is 5.32. The number of benzene rings is 1. The molecule has 0 aromatic heterocycles. The lowest BCUT2D eigenvalue weighted by Crippen LogP contribution is -2.46. The van der Waals surface area contributed by atoms with Crippen LogP contribution in [0.3, 0.4) is 0 Å². The standard InChI is InChI=1S/C21H27F3N2O/c22-21(23,24)18-5-3-4-17(12-18)20(8-1-2-9-20)19(27)26-10-6-15-13-25-14-16(15)7-11-26/h3-5,12,15-16,25H,1-2,6-11,13-14H2/t15-,16+. The van der Waals surface area contributed by atoms with Gasteiger partial charge in [-0.3, -0.25) is 4.79 Å². The van der Waals surface area contributed by atoms with Crippen LogP contribution < -0.4 is 5.32 Å². The van der Waals surface area contributed by atoms with E-state index < -0.39 is 17.2 Å². The molecular formula is C21H27F3N2O. The Morgan fingerprint density at radius 2 is 1.70 bits per heavy atom. The summed E-state index contributed by atoms with van der Waals surface area (Å²) in [6.45, 7) is 3.49. The molecule has 0 spiro atoms. The van der Waals surface area contributed by atoms with Gasteiger partial charge >= 0.3 is 6.18 Å². The van der Waals surface area contributed by atoms with Crippen molar-refractivity contribution in [2.24, 2.45) is 11.8 Å². The molecule has 6 heteroatoms. The summed E-state index contributed by atoms with van der Waals surface area (Å²) >= 11 is 0. The van der Waals surface area contributed by atoms with Crippen molar-refractivity contribution < 1.29 is 18.0 Å². The molecule has 27 heavy (non-hydrogen) atoms. The third-order valence-electron chi connectivity index (χ3n) is 6.92. The van der Waals surface area contributed by atoms with Crippen LogP contribution in [0.1, 0.15) is 49.7 Å². The highest BCUT2D eigenvalue weighted by Gasteiger charge is 2.46. The zero-order valence-electron chi connectivity index (χ0n) is 15.5. The number of likely N-dealkylation sites (tertiary alicyclic amines) is 1. The fraction of sp³-hybridized carbons (Fsp3) is 0.667. The highest BCUT2D eigenvalue weighted by atomic mass is 19.4. The van der Waals surface area contributed by atoms with Gasteiger partial charge in [0.05, 0.1) is 11.0 Å². The van der Waals surface area contributed by atoms with Crippen LogP contribution in [0.15, 0.2) is 24.3 Å². The monoisotopic (exact) mass is 380 g/mol. The first-order chi connectivity index (χ1) is 12.9. The molecule has 2 atom stereocenters. The Bertz CT molecular complexity index is 683. The number of fused-ring (bicyclic) bond motifs is 1. The number of hydrogen-bond acceptors (Lipinski definition) is 2. The zero-order valence-corrected chi connectivity index (χ0v) is 15.5. The quantitative estimate of drug-likeness (QED) is 0.842. The van der Waals surface area contributed by atoms with Crippen molar-refractivity contribution in [3.05, 3.63) is 35.4 Å². The average molecular weight is 380 g/mol. The van der Waals surface area contributed by atoms with E-state index in [9.17, 15) is 18.0 Å². The van der Waals surface area contributed by atoms with Crippen LogP contribution in [-0.2, 0) is 16.4 Å². The predicted octanol–water partition coefficient (Wildman–Crippen LogP) is 3.98. The molecular weight excluding hydrogens is 353 g/mol. The number of nitrogens with zero attached hydrogens (tertiary/aromatic N) is 1. The van der Waals surface area contributed by atoms with Crippen LogP contribution in [0, 0.1) is 11.8 Å². The Labute approximate surface area is 158 Å². The number of carbonyl (C=O) groups is 1. The number of nitrogens with one attached hydrogen (secondary N) is 1. The van der Waals surface area contributed by atoms with Crippen molar-refractivity contribution in [3.8, 4) is 0 Å². The van der Waals surface area contributed by atoms with Gasteiger partial charge in [-0.05, 0) is 62.2 Å². The minimum absolute atomic E-state index is 0.0484. The van der Waals surface area contributed by atoms with Crippen molar-refractivity contribution in [1.29, 1.82) is 0 Å². The molecule has 2 heterocycles. The molecule has 3 aliphatic rings. The summed E-state index contributed by atoms with van der Waals surface area (Å²) in [6.07, 6.45) is 0.683. The van der Waals surface area contributed by atoms with Gasteiger partial charge in [-0.15, -0.1) is 0 Å². The van der Waals surface area contributed by atoms with Gasteiger partial charge < -0.3 is 10.2 Å². The third kappa shape index (κ3) is 3.48. The molecule has 0 bridgehead atoms. The first-order valence-corrected chi connectivity index (χ1v) is 10.1. The van der Waals surface area contributed by atoms with Gasteiger partial charge in [0, 0.05) is 13.1 Å². The van der Waals surface area contributed by atoms with Crippen molar-refractivity contribution >= 4 is 5.91 Å². The minimum Gasteiger partial charge on any atom is -0.342 e. The van der Waals surface area contributed by atoms with Crippen molar-refractivity contribution in [2.45, 2.75) is 50.1 Å². The first kappa shape index (κ1) is 18.8. The maximum atomic E-state index is 13.6. The second-order valence-corrected chi connectivity index (χ2v) is 8.42. The first-order valence-electron chi connectivity index (χ1n) is 10.1. The lowest BCUT2D eigenvalue weighted by molar-refractivity contribution is -0.139. The summed E-state index contributed by atoms with van der Waals surface area (Å²) in [5.74, 6) is 1.29. The molecule has 0 unspecified atom stereocenters. The van der Waals surface area contributed by atoms with E-state index in [1.165, 1.54) is 12.1 Å². The van der Waals surface area contributed by atoms with E-state index in [4.69, 9.17) is 0 Å². The number of carbonyl (C=O) groups excluding carboxylic acids is 1. The van der Waals surface area contributed by atoms with Crippen molar-refractivity contribution in [2.75, 3.05) is 26.2 Å². The average Bonchev–Trinajstić information content (AvgIpc) is 3.27. The van der Waals surface area contributed by atoms with Gasteiger partial charge in [0.2, 0.25) is 5.91 Å². The summed E-state index contributed by atoms with van der Waals surface area (Å²) in [5, 5.41) is 3.43. The number of hydrogen-bond donors (Lipinski definition) is 1. The van der Waals surface area contributed by atoms with Gasteiger partial charge in [-0.1, -0.05) is 31.0 Å². The molecule has 1 aromatic rings. The molecule has 1 aromatic carbocycles. The maximum Gasteiger partial charge on any atom is 0.416 e. The van der Waals surface area contributed by atoms with Gasteiger partial charge in [-0.25, -0.2) is 0 Å². The van der Waals surface area contributed by atoms with Crippen LogP contribution in [-0.4, -0.2) is 37.0 Å². The normalized spacial score (nSPS) is 28.0. The van der Waals surface area contributed by atoms with Crippen LogP contribution in [0.2, 0.25) is 0 Å². The smallest absolute Gasteiger partial charge is 0.342 e. The number of halogens is 3. The highest BCUT2D eigenvalue weighted by Crippen LogP contribution is 2.44. The van der Waals surface area contributed by atoms with E-state index in [1.807, 2.05) is 4.90 Å². The molecule has 4 rings (SSSR count). The van der Waals surface area contributed by atoms with Gasteiger partial charge in [-0.2, -0.15) is 13.2 Å². The van der Waals surface area contributed by atoms with E-state index in [-0.39, 0.29) is 5.91 Å². The molecule has 2 saturated heterocycles. The number of alkyl halides is 3. The third-order valence-corrected chi connectivity index (χ3v) is 6.92. The number of rotatable bonds is 2. The maximum absolute atomic E-state index is 13.6. The van der Waals surface area contributed by atoms with E-state index in [1.54, 1.807) is 6.07 Å². The fourth-order valence-corrected chi connectivity index (χ4v) is 5.32. The van der Waals surface area contributed by atoms with Crippen LogP contribution >= 0.6 is 0 Å². The van der Waals surface area contributed by atoms with Crippen LogP contribution in [0.25, 0.3) is 0 Å². The Kier molecular flexibility index (Phi) is 4.95. The lowest BCUT2D eigenvalue weighted by Gasteiger charge is -2.35. The SMILES string of the molecule is O=C(N1CC[C@@H]2CNC[C@@H]2CC1)C1(c2cccc(C(F)(F)F)c2)CCCC1. The molecule has 1 N–H and O–H groups in total. The minimum atomic E-state index is -4.38. The van der Waals surface area contributed by atoms with Gasteiger partial charge in [0.25, 0.3) is 0 Å². The summed E-state index contributed by atoms with van der Waals surface area (Å²) < 4.78 is 39.7. The molecule has 2 aliphatic heterocycles. The Morgan fingerprint density at radius 1 is 1.07 bits per heavy atom. The highest BCUT2D eigenvalue weighted by molar-refractivity contribution is 5.88. The predicted molar refractivity (Wildman–Crippen MR) is 97.3 cm³/mol. The summed E-state index contributed by atoms with van der Waals surface area (Å²) in [5.41, 5.74) is -0.889. The molecule has 3 fully saturated rings. The van der Waals surface area contributed by atoms with E-state index >= 15 is 0 Å². The second kappa shape index (κ2) is 7.12. The summed E-state index contributed by atoms with van der Waals surface area (Å²) in [4.78, 5) is 15.5. The molecule has 3 nitrogen and oxygen atoms in total. The van der Waals surface area contributed by atoms with Crippen LogP contribution in [0.4, 0.5) is 13.2 Å². The summed E-state index contributed by atoms with van der Waals surface area (Å²) in [7, 11) is 0. The van der Waals surface area contributed by atoms with Crippen molar-refractivity contribution in [3.63, 3.8) is 0 Å². The lowest BCUT2D eigenvalue weighted by atomic mass is 9.77. The molecule has 1 saturated carbocycles. The molecule has 1 amide bonds. The zero-order chi connectivity index (χ0) is 19.1. The van der Waals surface area contributed by atoms with E-state index in [0.717, 1.165) is 57.9 Å². The van der Waals surface area contributed by atoms with Crippen LogP contribution in [0.5, 0.6) is 0 Å². The molecule has 0 radical (unpaired) electrons. The topological polar surface area (TPSA) is 32.3 Å². The van der Waals surface area contributed by atoms with Gasteiger partial charge in [0.15, 0.2) is 0 Å². The van der Waals surface area contributed by atoms with Crippen molar-refractivity contribution in [1.82, 2.24) is 10.2 Å². The summed E-state index contributed by atoms with van der Waals surface area (Å²) in [6, 6.07) is 5.47. The number of amides is 1. The Balaban J connectivity index is 1.61. The second-order valence-electron chi connectivity index (χ2n) is 8.42. The molecule has 148 valence electrons. The Hall–Kier alpha value is -1.56. The van der Waals surface area contributed by atoms with E-state index in [2.05, 4.69) is 5.32 Å². The largest absolute Gasteiger partial charge is 0.416 e. The van der Waals surface area contributed by atoms with E-state index in [0.29, 0.717) is 30.2 Å². The Morgan fingerprint density at radius 3 is 2.30 bits per heavy atom.